The molecule has 0 saturated heterocycles. The summed E-state index contributed by atoms with van der Waals surface area (Å²) in [5, 5.41) is 7.90. The van der Waals surface area contributed by atoms with E-state index in [0.29, 0.717) is 0 Å². The predicted octanol–water partition coefficient (Wildman–Crippen LogP) is 4.24. The normalized spacial score (nSPS) is 14.8. The quantitative estimate of drug-likeness (QED) is 0.782. The number of anilines is 1. The molecule has 0 bridgehead atoms. The van der Waals surface area contributed by atoms with Crippen LogP contribution < -0.4 is 5.32 Å². The first-order chi connectivity index (χ1) is 11.4. The molecule has 3 aromatic rings. The van der Waals surface area contributed by atoms with E-state index in [4.69, 9.17) is 0 Å². The zero-order valence-corrected chi connectivity index (χ0v) is 13.7. The van der Waals surface area contributed by atoms with Crippen LogP contribution in [0.2, 0.25) is 0 Å². The highest BCUT2D eigenvalue weighted by Gasteiger charge is 2.15. The van der Waals surface area contributed by atoms with Gasteiger partial charge in [0.15, 0.2) is 0 Å². The lowest BCUT2D eigenvalue weighted by molar-refractivity contribution is 0.272. The van der Waals surface area contributed by atoms with Crippen molar-refractivity contribution in [3.05, 3.63) is 70.5 Å². The topological polar surface area (TPSA) is 28.2 Å². The Bertz CT molecular complexity index is 769. The molecule has 3 nitrogen and oxygen atoms in total. The van der Waals surface area contributed by atoms with Gasteiger partial charge in [0.25, 0.3) is 0 Å². The molecule has 4 heteroatoms. The van der Waals surface area contributed by atoms with Gasteiger partial charge in [-0.05, 0) is 34.0 Å². The maximum absolute atomic E-state index is 4.63. The van der Waals surface area contributed by atoms with Crippen LogP contribution in [0.1, 0.15) is 11.1 Å². The van der Waals surface area contributed by atoms with E-state index in [1.807, 2.05) is 12.3 Å². The molecule has 0 aliphatic carbocycles. The van der Waals surface area contributed by atoms with Crippen LogP contribution in [-0.2, 0) is 13.1 Å². The number of rotatable bonds is 3. The van der Waals surface area contributed by atoms with Crippen LogP contribution in [0.4, 0.5) is 5.69 Å². The molecule has 23 heavy (non-hydrogen) atoms. The fourth-order valence-corrected chi connectivity index (χ4v) is 3.66. The Morgan fingerprint density at radius 1 is 1.17 bits per heavy atom. The minimum absolute atomic E-state index is 0.959. The van der Waals surface area contributed by atoms with Gasteiger partial charge in [-0.15, -0.1) is 0 Å². The van der Waals surface area contributed by atoms with Crippen molar-refractivity contribution in [1.82, 2.24) is 9.88 Å². The summed E-state index contributed by atoms with van der Waals surface area (Å²) in [6, 6.07) is 14.8. The van der Waals surface area contributed by atoms with Gasteiger partial charge in [-0.3, -0.25) is 9.88 Å². The first-order valence-electron chi connectivity index (χ1n) is 7.90. The molecule has 3 heterocycles. The standard InChI is InChI=1S/C19H19N3S/c1-2-4-16(5-3-1)18-10-17-13-22(12-15-6-9-23-14-15)8-7-20-19(17)11-21-18/h1-6,9-11,14,20H,7-8,12-13H2. The van der Waals surface area contributed by atoms with Gasteiger partial charge >= 0.3 is 0 Å². The van der Waals surface area contributed by atoms with Gasteiger partial charge in [-0.25, -0.2) is 0 Å². The maximum atomic E-state index is 4.63. The average molecular weight is 321 g/mol. The van der Waals surface area contributed by atoms with Crippen LogP contribution in [0.3, 0.4) is 0 Å². The number of fused-ring (bicyclic) bond motifs is 1. The van der Waals surface area contributed by atoms with Gasteiger partial charge < -0.3 is 5.32 Å². The Morgan fingerprint density at radius 3 is 2.91 bits per heavy atom. The van der Waals surface area contributed by atoms with Gasteiger partial charge in [0.2, 0.25) is 0 Å². The summed E-state index contributed by atoms with van der Waals surface area (Å²) in [5.41, 5.74) is 6.10. The molecular weight excluding hydrogens is 302 g/mol. The minimum atomic E-state index is 0.959. The summed E-state index contributed by atoms with van der Waals surface area (Å²) in [5.74, 6) is 0. The Labute approximate surface area is 140 Å². The van der Waals surface area contributed by atoms with E-state index in [1.165, 1.54) is 16.7 Å². The first-order valence-corrected chi connectivity index (χ1v) is 8.84. The van der Waals surface area contributed by atoms with E-state index in [-0.39, 0.29) is 0 Å². The number of nitrogens with zero attached hydrogens (tertiary/aromatic N) is 2. The highest BCUT2D eigenvalue weighted by atomic mass is 32.1. The highest BCUT2D eigenvalue weighted by molar-refractivity contribution is 7.07. The van der Waals surface area contributed by atoms with Crippen LogP contribution in [0.15, 0.2) is 59.4 Å². The molecule has 0 fully saturated rings. The van der Waals surface area contributed by atoms with Gasteiger partial charge in [-0.2, -0.15) is 11.3 Å². The average Bonchev–Trinajstić information content (AvgIpc) is 3.01. The Balaban J connectivity index is 1.60. The molecule has 0 atom stereocenters. The summed E-state index contributed by atoms with van der Waals surface area (Å²) in [4.78, 5) is 7.12. The zero-order valence-electron chi connectivity index (χ0n) is 12.9. The number of pyridine rings is 1. The van der Waals surface area contributed by atoms with Crippen LogP contribution in [0, 0.1) is 0 Å². The second kappa shape index (κ2) is 6.52. The van der Waals surface area contributed by atoms with Crippen molar-refractivity contribution in [3.63, 3.8) is 0 Å². The van der Waals surface area contributed by atoms with Crippen molar-refractivity contribution in [2.24, 2.45) is 0 Å². The molecule has 116 valence electrons. The lowest BCUT2D eigenvalue weighted by Crippen LogP contribution is -2.25. The molecule has 1 aromatic carbocycles. The molecule has 4 rings (SSSR count). The maximum Gasteiger partial charge on any atom is 0.0706 e. The number of hydrogen-bond donors (Lipinski definition) is 1. The smallest absolute Gasteiger partial charge is 0.0706 e. The molecule has 0 radical (unpaired) electrons. The van der Waals surface area contributed by atoms with E-state index in [1.54, 1.807) is 11.3 Å². The largest absolute Gasteiger partial charge is 0.382 e. The van der Waals surface area contributed by atoms with Crippen LogP contribution in [-0.4, -0.2) is 23.0 Å². The molecule has 1 aliphatic heterocycles. The molecule has 0 amide bonds. The third-order valence-corrected chi connectivity index (χ3v) is 4.91. The number of hydrogen-bond acceptors (Lipinski definition) is 4. The monoisotopic (exact) mass is 321 g/mol. The van der Waals surface area contributed by atoms with Crippen molar-refractivity contribution in [2.75, 3.05) is 18.4 Å². The number of nitrogens with one attached hydrogen (secondary N) is 1. The second-order valence-electron chi connectivity index (χ2n) is 5.86. The third kappa shape index (κ3) is 3.28. The molecule has 2 aromatic heterocycles. The molecule has 1 aliphatic rings. The number of thiophene rings is 1. The molecule has 0 saturated carbocycles. The third-order valence-electron chi connectivity index (χ3n) is 4.18. The van der Waals surface area contributed by atoms with Crippen molar-refractivity contribution in [1.29, 1.82) is 0 Å². The second-order valence-corrected chi connectivity index (χ2v) is 6.64. The molecule has 0 spiro atoms. The molecule has 1 N–H and O–H groups in total. The lowest BCUT2D eigenvalue weighted by atomic mass is 10.1. The van der Waals surface area contributed by atoms with Crippen molar-refractivity contribution in [2.45, 2.75) is 13.1 Å². The van der Waals surface area contributed by atoms with Crippen molar-refractivity contribution < 1.29 is 0 Å². The number of benzene rings is 1. The fourth-order valence-electron chi connectivity index (χ4n) is 3.00. The van der Waals surface area contributed by atoms with Gasteiger partial charge in [0.1, 0.15) is 0 Å². The summed E-state index contributed by atoms with van der Waals surface area (Å²) in [7, 11) is 0. The highest BCUT2D eigenvalue weighted by Crippen LogP contribution is 2.26. The van der Waals surface area contributed by atoms with E-state index >= 15 is 0 Å². The van der Waals surface area contributed by atoms with Crippen molar-refractivity contribution >= 4 is 17.0 Å². The van der Waals surface area contributed by atoms with E-state index < -0.39 is 0 Å². The van der Waals surface area contributed by atoms with Gasteiger partial charge in [0.05, 0.1) is 17.6 Å². The predicted molar refractivity (Wildman–Crippen MR) is 96.6 cm³/mol. The van der Waals surface area contributed by atoms with Crippen molar-refractivity contribution in [3.8, 4) is 11.3 Å². The Kier molecular flexibility index (Phi) is 4.09. The zero-order chi connectivity index (χ0) is 15.5. The molecular formula is C19H19N3S. The summed E-state index contributed by atoms with van der Waals surface area (Å²) >= 11 is 1.77. The van der Waals surface area contributed by atoms with E-state index in [0.717, 1.165) is 37.6 Å². The lowest BCUT2D eigenvalue weighted by Gasteiger charge is -2.19. The summed E-state index contributed by atoms with van der Waals surface area (Å²) in [6.07, 6.45) is 1.98. The first kappa shape index (κ1) is 14.4. The Morgan fingerprint density at radius 2 is 2.09 bits per heavy atom. The SMILES string of the molecule is c1ccc(-c2cc3c(cn2)NCCN(Cc2ccsc2)C3)cc1. The van der Waals surface area contributed by atoms with E-state index in [9.17, 15) is 0 Å². The summed E-state index contributed by atoms with van der Waals surface area (Å²) in [6.45, 7) is 3.98. The Hall–Kier alpha value is -2.17. The van der Waals surface area contributed by atoms with Crippen LogP contribution in [0.25, 0.3) is 11.3 Å². The van der Waals surface area contributed by atoms with Gasteiger partial charge in [0, 0.05) is 31.7 Å². The van der Waals surface area contributed by atoms with Crippen LogP contribution in [0.5, 0.6) is 0 Å². The summed E-state index contributed by atoms with van der Waals surface area (Å²) < 4.78 is 0. The number of aromatic nitrogens is 1. The fraction of sp³-hybridized carbons (Fsp3) is 0.211. The minimum Gasteiger partial charge on any atom is -0.382 e. The molecule has 0 unspecified atom stereocenters. The van der Waals surface area contributed by atoms with E-state index in [2.05, 4.69) is 62.4 Å². The van der Waals surface area contributed by atoms with Crippen LogP contribution >= 0.6 is 11.3 Å². The van der Waals surface area contributed by atoms with Gasteiger partial charge in [-0.1, -0.05) is 30.3 Å².